The Bertz CT molecular complexity index is 1100. The van der Waals surface area contributed by atoms with E-state index in [0.29, 0.717) is 6.07 Å². The fraction of sp³-hybridized carbons (Fsp3) is 0.200. The van der Waals surface area contributed by atoms with Crippen molar-refractivity contribution in [2.24, 2.45) is 10.8 Å². The van der Waals surface area contributed by atoms with Crippen molar-refractivity contribution in [2.75, 3.05) is 15.6 Å². The van der Waals surface area contributed by atoms with Crippen LogP contribution >= 0.6 is 0 Å². The zero-order chi connectivity index (χ0) is 23.6. The number of carbonyl (C=O) groups is 3. The van der Waals surface area contributed by atoms with Gasteiger partial charge in [0.25, 0.3) is 5.91 Å². The van der Waals surface area contributed by atoms with Crippen molar-refractivity contribution in [3.8, 4) is 0 Å². The maximum atomic E-state index is 13.2. The molecule has 0 bridgehead atoms. The van der Waals surface area contributed by atoms with Crippen molar-refractivity contribution in [1.82, 2.24) is 0 Å². The third kappa shape index (κ3) is 5.02. The molecule has 1 unspecified atom stereocenters. The van der Waals surface area contributed by atoms with Gasteiger partial charge in [0, 0.05) is 13.3 Å². The second-order valence-corrected chi connectivity index (χ2v) is 6.88. The molecule has 1 aliphatic rings. The van der Waals surface area contributed by atoms with Crippen LogP contribution in [0.5, 0.6) is 0 Å². The summed E-state index contributed by atoms with van der Waals surface area (Å²) in [6.07, 6.45) is -4.91. The summed E-state index contributed by atoms with van der Waals surface area (Å²) in [5.74, 6) is -2.79. The number of halogens is 4. The summed E-state index contributed by atoms with van der Waals surface area (Å²) in [6, 6.07) is 6.29. The fourth-order valence-corrected chi connectivity index (χ4v) is 3.02. The van der Waals surface area contributed by atoms with E-state index in [9.17, 15) is 31.9 Å². The summed E-state index contributed by atoms with van der Waals surface area (Å²) in [6.45, 7) is 1.16. The van der Waals surface area contributed by atoms with Crippen LogP contribution in [0.15, 0.2) is 47.6 Å². The molecule has 1 atom stereocenters. The highest BCUT2D eigenvalue weighted by Crippen LogP contribution is 2.34. The first-order valence-electron chi connectivity index (χ1n) is 9.17. The van der Waals surface area contributed by atoms with Gasteiger partial charge in [-0.2, -0.15) is 18.3 Å². The van der Waals surface area contributed by atoms with Gasteiger partial charge in [0.15, 0.2) is 0 Å². The Morgan fingerprint density at radius 2 is 1.72 bits per heavy atom. The Morgan fingerprint density at radius 3 is 2.28 bits per heavy atom. The Morgan fingerprint density at radius 1 is 1.06 bits per heavy atom. The predicted molar refractivity (Wildman–Crippen MR) is 108 cm³/mol. The SMILES string of the molecule is CC(=O)Nc1ccc(C(F)(F)F)cc1NC(=O)C1=NN(c2ccc(F)cc2)C(C(N)=O)C1. The summed E-state index contributed by atoms with van der Waals surface area (Å²) in [5, 5.41) is 9.81. The number of alkyl halides is 3. The van der Waals surface area contributed by atoms with Gasteiger partial charge in [0.1, 0.15) is 17.6 Å². The molecule has 0 fully saturated rings. The normalized spacial score (nSPS) is 15.8. The van der Waals surface area contributed by atoms with E-state index in [1.807, 2.05) is 0 Å². The number of anilines is 3. The lowest BCUT2D eigenvalue weighted by Crippen LogP contribution is -2.39. The summed E-state index contributed by atoms with van der Waals surface area (Å²) in [4.78, 5) is 36.0. The topological polar surface area (TPSA) is 117 Å². The smallest absolute Gasteiger partial charge is 0.368 e. The van der Waals surface area contributed by atoms with Crippen molar-refractivity contribution < 1.29 is 31.9 Å². The third-order valence-corrected chi connectivity index (χ3v) is 4.50. The first kappa shape index (κ1) is 22.7. The summed E-state index contributed by atoms with van der Waals surface area (Å²) < 4.78 is 52.5. The highest BCUT2D eigenvalue weighted by molar-refractivity contribution is 6.44. The zero-order valence-electron chi connectivity index (χ0n) is 16.5. The quantitative estimate of drug-likeness (QED) is 0.606. The van der Waals surface area contributed by atoms with Crippen LogP contribution in [-0.4, -0.2) is 29.5 Å². The summed E-state index contributed by atoms with van der Waals surface area (Å²) >= 11 is 0. The van der Waals surface area contributed by atoms with E-state index in [0.717, 1.165) is 36.2 Å². The van der Waals surface area contributed by atoms with Crippen LogP contribution in [-0.2, 0) is 20.6 Å². The Kier molecular flexibility index (Phi) is 6.14. The minimum Gasteiger partial charge on any atom is -0.368 e. The molecule has 1 heterocycles. The molecular weight excluding hydrogens is 434 g/mol. The van der Waals surface area contributed by atoms with Gasteiger partial charge in [-0.3, -0.25) is 19.4 Å². The number of hydrazone groups is 1. The van der Waals surface area contributed by atoms with E-state index in [1.165, 1.54) is 12.1 Å². The minimum atomic E-state index is -4.68. The number of nitrogens with one attached hydrogen (secondary N) is 2. The van der Waals surface area contributed by atoms with Crippen molar-refractivity contribution >= 4 is 40.5 Å². The first-order chi connectivity index (χ1) is 15.0. The van der Waals surface area contributed by atoms with E-state index >= 15 is 0 Å². The van der Waals surface area contributed by atoms with Crippen LogP contribution in [0, 0.1) is 5.82 Å². The number of benzene rings is 2. The molecule has 12 heteroatoms. The van der Waals surface area contributed by atoms with Crippen LogP contribution in [0.1, 0.15) is 18.9 Å². The highest BCUT2D eigenvalue weighted by Gasteiger charge is 2.36. The lowest BCUT2D eigenvalue weighted by atomic mass is 10.1. The van der Waals surface area contributed by atoms with E-state index in [4.69, 9.17) is 5.73 Å². The Labute approximate surface area is 179 Å². The number of rotatable bonds is 5. The molecule has 1 aliphatic heterocycles. The molecule has 0 aliphatic carbocycles. The molecule has 32 heavy (non-hydrogen) atoms. The van der Waals surface area contributed by atoms with Gasteiger partial charge < -0.3 is 16.4 Å². The number of primary amides is 1. The van der Waals surface area contributed by atoms with E-state index < -0.39 is 41.3 Å². The molecule has 0 spiro atoms. The monoisotopic (exact) mass is 451 g/mol. The predicted octanol–water partition coefficient (Wildman–Crippen LogP) is 2.86. The molecule has 8 nitrogen and oxygen atoms in total. The minimum absolute atomic E-state index is 0.0562. The molecule has 0 saturated heterocycles. The van der Waals surface area contributed by atoms with E-state index in [1.54, 1.807) is 0 Å². The number of nitrogens with zero attached hydrogens (tertiary/aromatic N) is 2. The third-order valence-electron chi connectivity index (χ3n) is 4.50. The van der Waals surface area contributed by atoms with Gasteiger partial charge in [-0.15, -0.1) is 0 Å². The van der Waals surface area contributed by atoms with Gasteiger partial charge in [-0.1, -0.05) is 0 Å². The average Bonchev–Trinajstić information content (AvgIpc) is 3.14. The molecule has 3 amide bonds. The van der Waals surface area contributed by atoms with Crippen LogP contribution in [0.2, 0.25) is 0 Å². The molecule has 0 saturated carbocycles. The first-order valence-corrected chi connectivity index (χ1v) is 9.17. The molecule has 168 valence electrons. The van der Waals surface area contributed by atoms with Crippen molar-refractivity contribution in [3.63, 3.8) is 0 Å². The van der Waals surface area contributed by atoms with Crippen molar-refractivity contribution in [1.29, 1.82) is 0 Å². The number of hydrogen-bond acceptors (Lipinski definition) is 5. The number of hydrogen-bond donors (Lipinski definition) is 3. The molecule has 0 aromatic heterocycles. The maximum absolute atomic E-state index is 13.2. The van der Waals surface area contributed by atoms with Gasteiger partial charge in [0.2, 0.25) is 11.8 Å². The lowest BCUT2D eigenvalue weighted by molar-refractivity contribution is -0.137. The molecule has 2 aromatic rings. The fourth-order valence-electron chi connectivity index (χ4n) is 3.02. The van der Waals surface area contributed by atoms with Gasteiger partial charge in [-0.25, -0.2) is 4.39 Å². The maximum Gasteiger partial charge on any atom is 0.416 e. The second kappa shape index (κ2) is 8.65. The van der Waals surface area contributed by atoms with Crippen LogP contribution in [0.25, 0.3) is 0 Å². The number of carbonyl (C=O) groups excluding carboxylic acids is 3. The molecule has 2 aromatic carbocycles. The standard InChI is InChI=1S/C20H17F4N5O3/c1-10(30)26-14-7-2-11(20(22,23)24)8-15(14)27-19(32)16-9-17(18(25)31)29(28-16)13-5-3-12(21)4-6-13/h2-8,17H,9H2,1H3,(H2,25,31)(H,26,30)(H,27,32). The average molecular weight is 451 g/mol. The summed E-state index contributed by atoms with van der Waals surface area (Å²) in [5.41, 5.74) is 4.08. The molecule has 4 N–H and O–H groups in total. The van der Waals surface area contributed by atoms with Crippen molar-refractivity contribution in [3.05, 3.63) is 53.8 Å². The number of amides is 3. The van der Waals surface area contributed by atoms with Crippen LogP contribution in [0.4, 0.5) is 34.6 Å². The van der Waals surface area contributed by atoms with Gasteiger partial charge >= 0.3 is 6.18 Å². The van der Waals surface area contributed by atoms with E-state index in [-0.39, 0.29) is 29.2 Å². The van der Waals surface area contributed by atoms with Crippen molar-refractivity contribution in [2.45, 2.75) is 25.6 Å². The van der Waals surface area contributed by atoms with E-state index in [2.05, 4.69) is 15.7 Å². The van der Waals surface area contributed by atoms with Gasteiger partial charge in [-0.05, 0) is 42.5 Å². The van der Waals surface area contributed by atoms with Gasteiger partial charge in [0.05, 0.1) is 22.6 Å². The molecular formula is C20H17F4N5O3. The van der Waals surface area contributed by atoms with Crippen LogP contribution in [0.3, 0.4) is 0 Å². The zero-order valence-corrected chi connectivity index (χ0v) is 16.5. The number of nitrogens with two attached hydrogens (primary N) is 1. The Balaban J connectivity index is 1.91. The molecule has 3 rings (SSSR count). The molecule has 0 radical (unpaired) electrons. The second-order valence-electron chi connectivity index (χ2n) is 6.88. The highest BCUT2D eigenvalue weighted by atomic mass is 19.4. The lowest BCUT2D eigenvalue weighted by Gasteiger charge is -2.20. The summed E-state index contributed by atoms with van der Waals surface area (Å²) in [7, 11) is 0. The van der Waals surface area contributed by atoms with Crippen LogP contribution < -0.4 is 21.4 Å². The largest absolute Gasteiger partial charge is 0.416 e. The Hall–Kier alpha value is -3.96.